The first-order valence-electron chi connectivity index (χ1n) is 8.45. The van der Waals surface area contributed by atoms with Gasteiger partial charge in [-0.3, -0.25) is 0 Å². The molecular weight excluding hydrogens is 328 g/mol. The summed E-state index contributed by atoms with van der Waals surface area (Å²) in [6.45, 7) is 0.766. The zero-order valence-corrected chi connectivity index (χ0v) is 14.7. The standard InChI is InChI=1S/C20H20N4O2/c1-25-18-9-15-17(10-19(18)26-2)23-12-24-20(15)21-8-7-13-11-22-16-6-4-3-5-14(13)16/h3-6,9-12,22H,7-8H2,1-2H3,(H,21,23,24). The second-order valence-electron chi connectivity index (χ2n) is 5.98. The molecule has 4 aromatic rings. The highest BCUT2D eigenvalue weighted by molar-refractivity contribution is 5.91. The highest BCUT2D eigenvalue weighted by atomic mass is 16.5. The van der Waals surface area contributed by atoms with Crippen LogP contribution in [0, 0.1) is 0 Å². The molecule has 0 atom stereocenters. The number of fused-ring (bicyclic) bond motifs is 2. The summed E-state index contributed by atoms with van der Waals surface area (Å²) < 4.78 is 10.7. The summed E-state index contributed by atoms with van der Waals surface area (Å²) in [7, 11) is 3.24. The van der Waals surface area contributed by atoms with Crippen LogP contribution in [0.2, 0.25) is 0 Å². The topological polar surface area (TPSA) is 72.1 Å². The third-order valence-corrected chi connectivity index (χ3v) is 4.50. The molecule has 4 rings (SSSR count). The molecule has 6 heteroatoms. The van der Waals surface area contributed by atoms with E-state index in [4.69, 9.17) is 9.47 Å². The van der Waals surface area contributed by atoms with Crippen LogP contribution in [0.1, 0.15) is 5.56 Å². The molecule has 0 bridgehead atoms. The van der Waals surface area contributed by atoms with Crippen LogP contribution in [0.25, 0.3) is 21.8 Å². The maximum absolute atomic E-state index is 5.40. The molecule has 0 aliphatic rings. The number of anilines is 1. The maximum atomic E-state index is 5.40. The molecule has 0 aliphatic carbocycles. The number of rotatable bonds is 6. The van der Waals surface area contributed by atoms with Gasteiger partial charge in [-0.25, -0.2) is 9.97 Å². The van der Waals surface area contributed by atoms with Crippen LogP contribution in [0.5, 0.6) is 11.5 Å². The van der Waals surface area contributed by atoms with E-state index in [0.717, 1.165) is 35.2 Å². The first-order valence-corrected chi connectivity index (χ1v) is 8.45. The number of benzene rings is 2. The van der Waals surface area contributed by atoms with E-state index in [1.165, 1.54) is 10.9 Å². The van der Waals surface area contributed by atoms with Gasteiger partial charge in [-0.1, -0.05) is 18.2 Å². The van der Waals surface area contributed by atoms with Crippen molar-refractivity contribution in [2.45, 2.75) is 6.42 Å². The lowest BCUT2D eigenvalue weighted by Gasteiger charge is -2.12. The predicted octanol–water partition coefficient (Wildman–Crippen LogP) is 3.78. The van der Waals surface area contributed by atoms with Gasteiger partial charge in [-0.2, -0.15) is 0 Å². The summed E-state index contributed by atoms with van der Waals surface area (Å²) in [5.41, 5.74) is 3.25. The summed E-state index contributed by atoms with van der Waals surface area (Å²) in [6.07, 6.45) is 4.52. The molecule has 26 heavy (non-hydrogen) atoms. The molecule has 2 aromatic carbocycles. The molecule has 0 aliphatic heterocycles. The predicted molar refractivity (Wildman–Crippen MR) is 103 cm³/mol. The summed E-state index contributed by atoms with van der Waals surface area (Å²) in [5, 5.41) is 5.58. The molecule has 0 radical (unpaired) electrons. The van der Waals surface area contributed by atoms with Crippen LogP contribution in [-0.4, -0.2) is 35.7 Å². The van der Waals surface area contributed by atoms with Crippen LogP contribution in [0.3, 0.4) is 0 Å². The minimum atomic E-state index is 0.656. The Morgan fingerprint density at radius 3 is 2.65 bits per heavy atom. The number of hydrogen-bond acceptors (Lipinski definition) is 5. The largest absolute Gasteiger partial charge is 0.493 e. The highest BCUT2D eigenvalue weighted by Crippen LogP contribution is 2.33. The molecule has 2 heterocycles. The van der Waals surface area contributed by atoms with E-state index in [1.54, 1.807) is 20.5 Å². The number of methoxy groups -OCH3 is 2. The van der Waals surface area contributed by atoms with Gasteiger partial charge in [0.2, 0.25) is 0 Å². The second kappa shape index (κ2) is 6.92. The number of aromatic nitrogens is 3. The van der Waals surface area contributed by atoms with E-state index >= 15 is 0 Å². The highest BCUT2D eigenvalue weighted by Gasteiger charge is 2.11. The van der Waals surface area contributed by atoms with E-state index in [1.807, 2.05) is 18.2 Å². The lowest BCUT2D eigenvalue weighted by Crippen LogP contribution is -2.07. The number of para-hydroxylation sites is 1. The first-order chi connectivity index (χ1) is 12.8. The zero-order valence-electron chi connectivity index (χ0n) is 14.7. The Morgan fingerprint density at radius 2 is 1.81 bits per heavy atom. The van der Waals surface area contributed by atoms with E-state index < -0.39 is 0 Å². The average Bonchev–Trinajstić information content (AvgIpc) is 3.10. The average molecular weight is 348 g/mol. The SMILES string of the molecule is COc1cc2ncnc(NCCc3c[nH]c4ccccc34)c2cc1OC. The fraction of sp³-hybridized carbons (Fsp3) is 0.200. The second-order valence-corrected chi connectivity index (χ2v) is 5.98. The Morgan fingerprint density at radius 1 is 1.00 bits per heavy atom. The lowest BCUT2D eigenvalue weighted by molar-refractivity contribution is 0.356. The molecule has 0 spiro atoms. The fourth-order valence-electron chi connectivity index (χ4n) is 3.18. The molecule has 6 nitrogen and oxygen atoms in total. The van der Waals surface area contributed by atoms with Gasteiger partial charge in [-0.05, 0) is 24.1 Å². The van der Waals surface area contributed by atoms with Crippen LogP contribution in [-0.2, 0) is 6.42 Å². The molecular formula is C20H20N4O2. The molecule has 0 amide bonds. The number of ether oxygens (including phenoxy) is 2. The van der Waals surface area contributed by atoms with E-state index in [2.05, 4.69) is 44.7 Å². The summed E-state index contributed by atoms with van der Waals surface area (Å²) in [4.78, 5) is 12.0. The van der Waals surface area contributed by atoms with Crippen LogP contribution < -0.4 is 14.8 Å². The Balaban J connectivity index is 1.57. The number of nitrogens with zero attached hydrogens (tertiary/aromatic N) is 2. The number of nitrogens with one attached hydrogen (secondary N) is 2. The van der Waals surface area contributed by atoms with E-state index in [-0.39, 0.29) is 0 Å². The summed E-state index contributed by atoms with van der Waals surface area (Å²) in [5.74, 6) is 2.11. The van der Waals surface area contributed by atoms with Gasteiger partial charge in [-0.15, -0.1) is 0 Å². The Kier molecular flexibility index (Phi) is 4.31. The van der Waals surface area contributed by atoms with Gasteiger partial charge in [0.25, 0.3) is 0 Å². The van der Waals surface area contributed by atoms with Gasteiger partial charge in [0, 0.05) is 35.1 Å². The molecule has 0 saturated carbocycles. The van der Waals surface area contributed by atoms with Crippen molar-refractivity contribution >= 4 is 27.6 Å². The zero-order chi connectivity index (χ0) is 17.9. The number of H-pyrrole nitrogens is 1. The van der Waals surface area contributed by atoms with Crippen molar-refractivity contribution in [3.8, 4) is 11.5 Å². The van der Waals surface area contributed by atoms with Crippen molar-refractivity contribution in [3.63, 3.8) is 0 Å². The van der Waals surface area contributed by atoms with Crippen molar-refractivity contribution in [1.82, 2.24) is 15.0 Å². The van der Waals surface area contributed by atoms with Crippen molar-refractivity contribution in [3.05, 3.63) is 54.5 Å². The van der Waals surface area contributed by atoms with Crippen molar-refractivity contribution in [1.29, 1.82) is 0 Å². The normalized spacial score (nSPS) is 11.0. The van der Waals surface area contributed by atoms with Crippen molar-refractivity contribution in [2.24, 2.45) is 0 Å². The smallest absolute Gasteiger partial charge is 0.162 e. The molecule has 0 unspecified atom stereocenters. The first kappa shape index (κ1) is 16.2. The number of aromatic amines is 1. The monoisotopic (exact) mass is 348 g/mol. The lowest BCUT2D eigenvalue weighted by atomic mass is 10.1. The Hall–Kier alpha value is -3.28. The van der Waals surface area contributed by atoms with Crippen LogP contribution in [0.15, 0.2) is 48.9 Å². The molecule has 2 N–H and O–H groups in total. The maximum Gasteiger partial charge on any atom is 0.162 e. The summed E-state index contributed by atoms with van der Waals surface area (Å²) in [6, 6.07) is 12.1. The third-order valence-electron chi connectivity index (χ3n) is 4.50. The molecule has 0 saturated heterocycles. The van der Waals surface area contributed by atoms with Crippen molar-refractivity contribution < 1.29 is 9.47 Å². The summed E-state index contributed by atoms with van der Waals surface area (Å²) >= 11 is 0. The Labute approximate surface area is 151 Å². The van der Waals surface area contributed by atoms with Crippen LogP contribution >= 0.6 is 0 Å². The van der Waals surface area contributed by atoms with Gasteiger partial charge in [0.15, 0.2) is 11.5 Å². The number of hydrogen-bond donors (Lipinski definition) is 2. The van der Waals surface area contributed by atoms with Gasteiger partial charge in [0.05, 0.1) is 19.7 Å². The fourth-order valence-corrected chi connectivity index (χ4v) is 3.18. The molecule has 2 aromatic heterocycles. The third kappa shape index (κ3) is 2.90. The molecule has 0 fully saturated rings. The quantitative estimate of drug-likeness (QED) is 0.555. The van der Waals surface area contributed by atoms with E-state index in [0.29, 0.717) is 11.5 Å². The minimum Gasteiger partial charge on any atom is -0.493 e. The van der Waals surface area contributed by atoms with Crippen molar-refractivity contribution in [2.75, 3.05) is 26.1 Å². The van der Waals surface area contributed by atoms with Crippen LogP contribution in [0.4, 0.5) is 5.82 Å². The molecule has 132 valence electrons. The minimum absolute atomic E-state index is 0.656. The van der Waals surface area contributed by atoms with Gasteiger partial charge < -0.3 is 19.8 Å². The Bertz CT molecular complexity index is 1060. The van der Waals surface area contributed by atoms with Gasteiger partial charge >= 0.3 is 0 Å². The van der Waals surface area contributed by atoms with E-state index in [9.17, 15) is 0 Å². The van der Waals surface area contributed by atoms with Gasteiger partial charge in [0.1, 0.15) is 12.1 Å².